The van der Waals surface area contributed by atoms with Crippen LogP contribution in [0.1, 0.15) is 37.3 Å². The molecule has 0 radical (unpaired) electrons. The highest BCUT2D eigenvalue weighted by Crippen LogP contribution is 2.38. The number of anilines is 1. The van der Waals surface area contributed by atoms with E-state index in [9.17, 15) is 4.79 Å². The van der Waals surface area contributed by atoms with Crippen molar-refractivity contribution in [1.29, 1.82) is 0 Å². The number of nitrogens with one attached hydrogen (secondary N) is 1. The fourth-order valence-corrected chi connectivity index (χ4v) is 3.93. The predicted molar refractivity (Wildman–Crippen MR) is 123 cm³/mol. The number of carbonyl (C=O) groups excluding carboxylic acids is 1. The molecule has 2 aromatic carbocycles. The molecule has 1 saturated heterocycles. The maximum atomic E-state index is 12.4. The number of aryl methyl sites for hydroxylation is 1. The first-order valence-electron chi connectivity index (χ1n) is 10.9. The fraction of sp³-hybridized carbons (Fsp3) is 0.480. The van der Waals surface area contributed by atoms with Gasteiger partial charge in [-0.2, -0.15) is 0 Å². The number of hydrogen-bond acceptors (Lipinski definition) is 5. The van der Waals surface area contributed by atoms with E-state index >= 15 is 0 Å². The molecule has 168 valence electrons. The van der Waals surface area contributed by atoms with Crippen LogP contribution in [0.2, 0.25) is 0 Å². The van der Waals surface area contributed by atoms with Crippen molar-refractivity contribution in [3.05, 3.63) is 47.5 Å². The molecule has 0 saturated carbocycles. The zero-order valence-corrected chi connectivity index (χ0v) is 19.1. The molecule has 0 aromatic heterocycles. The monoisotopic (exact) mass is 426 g/mol. The number of likely N-dealkylation sites (tertiary alicyclic amines) is 1. The third-order valence-electron chi connectivity index (χ3n) is 5.89. The maximum Gasteiger partial charge on any atom is 0.224 e. The van der Waals surface area contributed by atoms with E-state index < -0.39 is 0 Å². The molecule has 3 rings (SSSR count). The van der Waals surface area contributed by atoms with Gasteiger partial charge in [0.1, 0.15) is 0 Å². The van der Waals surface area contributed by atoms with Crippen LogP contribution in [-0.2, 0) is 17.8 Å². The van der Waals surface area contributed by atoms with Crippen LogP contribution < -0.4 is 19.5 Å². The van der Waals surface area contributed by atoms with E-state index in [1.54, 1.807) is 21.3 Å². The number of methoxy groups -OCH3 is 3. The van der Waals surface area contributed by atoms with Gasteiger partial charge in [0.05, 0.1) is 21.3 Å². The average molecular weight is 427 g/mol. The second-order valence-corrected chi connectivity index (χ2v) is 8.24. The van der Waals surface area contributed by atoms with Gasteiger partial charge in [-0.05, 0) is 73.7 Å². The van der Waals surface area contributed by atoms with Crippen molar-refractivity contribution in [3.63, 3.8) is 0 Å². The largest absolute Gasteiger partial charge is 0.493 e. The van der Waals surface area contributed by atoms with Crippen molar-refractivity contribution in [2.45, 2.75) is 39.2 Å². The van der Waals surface area contributed by atoms with E-state index in [-0.39, 0.29) is 5.91 Å². The number of amides is 1. The Morgan fingerprint density at radius 2 is 1.58 bits per heavy atom. The van der Waals surface area contributed by atoms with E-state index in [1.807, 2.05) is 24.3 Å². The summed E-state index contributed by atoms with van der Waals surface area (Å²) < 4.78 is 16.1. The molecule has 0 atom stereocenters. The molecule has 1 aliphatic rings. The van der Waals surface area contributed by atoms with Crippen LogP contribution in [0.5, 0.6) is 17.2 Å². The normalized spacial score (nSPS) is 14.8. The summed E-state index contributed by atoms with van der Waals surface area (Å²) >= 11 is 0. The van der Waals surface area contributed by atoms with Crippen molar-refractivity contribution in [2.24, 2.45) is 5.92 Å². The minimum atomic E-state index is -0.0217. The summed E-state index contributed by atoms with van der Waals surface area (Å²) in [5, 5.41) is 2.99. The Kier molecular flexibility index (Phi) is 8.18. The van der Waals surface area contributed by atoms with Gasteiger partial charge in [0, 0.05) is 18.7 Å². The standard InChI is InChI=1S/C25H34N2O4/c1-18-11-13-27(14-12-18)17-19-5-8-21(9-6-19)26-24(28)10-7-20-15-22(29-2)25(31-4)23(16-20)30-3/h5-6,8-9,15-16,18H,7,10-14,17H2,1-4H3,(H,26,28). The summed E-state index contributed by atoms with van der Waals surface area (Å²) in [6, 6.07) is 11.9. The molecule has 31 heavy (non-hydrogen) atoms. The van der Waals surface area contributed by atoms with Gasteiger partial charge < -0.3 is 19.5 Å². The molecule has 0 unspecified atom stereocenters. The lowest BCUT2D eigenvalue weighted by molar-refractivity contribution is -0.116. The minimum Gasteiger partial charge on any atom is -0.493 e. The highest BCUT2D eigenvalue weighted by atomic mass is 16.5. The molecule has 1 amide bonds. The Balaban J connectivity index is 1.52. The van der Waals surface area contributed by atoms with E-state index in [1.165, 1.54) is 31.5 Å². The third-order valence-corrected chi connectivity index (χ3v) is 5.89. The van der Waals surface area contributed by atoms with Crippen LogP contribution in [0.15, 0.2) is 36.4 Å². The molecule has 1 fully saturated rings. The summed E-state index contributed by atoms with van der Waals surface area (Å²) in [5.41, 5.74) is 3.06. The van der Waals surface area contributed by atoms with Crippen molar-refractivity contribution in [2.75, 3.05) is 39.7 Å². The first-order chi connectivity index (χ1) is 15.0. The lowest BCUT2D eigenvalue weighted by Gasteiger charge is -2.30. The molecule has 1 heterocycles. The van der Waals surface area contributed by atoms with Crippen LogP contribution in [0.3, 0.4) is 0 Å². The number of ether oxygens (including phenoxy) is 3. The molecule has 6 nitrogen and oxygen atoms in total. The highest BCUT2D eigenvalue weighted by Gasteiger charge is 2.16. The molecular formula is C25H34N2O4. The van der Waals surface area contributed by atoms with Gasteiger partial charge in [0.25, 0.3) is 0 Å². The van der Waals surface area contributed by atoms with E-state index in [2.05, 4.69) is 29.3 Å². The first-order valence-corrected chi connectivity index (χ1v) is 10.9. The number of nitrogens with zero attached hydrogens (tertiary/aromatic N) is 1. The Labute approximate surface area is 185 Å². The number of hydrogen-bond donors (Lipinski definition) is 1. The van der Waals surface area contributed by atoms with Crippen molar-refractivity contribution in [1.82, 2.24) is 4.90 Å². The van der Waals surface area contributed by atoms with Gasteiger partial charge in [-0.25, -0.2) is 0 Å². The van der Waals surface area contributed by atoms with Crippen LogP contribution in [-0.4, -0.2) is 45.2 Å². The first kappa shape index (κ1) is 22.9. The van der Waals surface area contributed by atoms with Crippen LogP contribution >= 0.6 is 0 Å². The average Bonchev–Trinajstić information content (AvgIpc) is 2.79. The Morgan fingerprint density at radius 3 is 2.13 bits per heavy atom. The fourth-order valence-electron chi connectivity index (χ4n) is 3.93. The third kappa shape index (κ3) is 6.37. The molecule has 6 heteroatoms. The van der Waals surface area contributed by atoms with Gasteiger partial charge in [-0.3, -0.25) is 9.69 Å². The van der Waals surface area contributed by atoms with Gasteiger partial charge in [-0.1, -0.05) is 19.1 Å². The SMILES string of the molecule is COc1cc(CCC(=O)Nc2ccc(CN3CCC(C)CC3)cc2)cc(OC)c1OC. The number of piperidine rings is 1. The summed E-state index contributed by atoms with van der Waals surface area (Å²) in [4.78, 5) is 14.9. The zero-order chi connectivity index (χ0) is 22.2. The Hall–Kier alpha value is -2.73. The van der Waals surface area contributed by atoms with Crippen molar-refractivity contribution in [3.8, 4) is 17.2 Å². The summed E-state index contributed by atoms with van der Waals surface area (Å²) in [6.45, 7) is 5.64. The lowest BCUT2D eigenvalue weighted by Crippen LogP contribution is -2.32. The Morgan fingerprint density at radius 1 is 0.968 bits per heavy atom. The quantitative estimate of drug-likeness (QED) is 0.639. The Bertz CT molecular complexity index is 833. The molecular weight excluding hydrogens is 392 g/mol. The summed E-state index contributed by atoms with van der Waals surface area (Å²) in [5.74, 6) is 2.56. The minimum absolute atomic E-state index is 0.0217. The van der Waals surface area contributed by atoms with Gasteiger partial charge >= 0.3 is 0 Å². The summed E-state index contributed by atoms with van der Waals surface area (Å²) in [7, 11) is 4.75. The van der Waals surface area contributed by atoms with Crippen LogP contribution in [0, 0.1) is 5.92 Å². The zero-order valence-electron chi connectivity index (χ0n) is 19.1. The number of carbonyl (C=O) groups is 1. The number of benzene rings is 2. The maximum absolute atomic E-state index is 12.4. The predicted octanol–water partition coefficient (Wildman–Crippen LogP) is 4.52. The van der Waals surface area contributed by atoms with Gasteiger partial charge in [0.2, 0.25) is 11.7 Å². The van der Waals surface area contributed by atoms with E-state index in [0.717, 1.165) is 23.7 Å². The molecule has 1 aliphatic heterocycles. The highest BCUT2D eigenvalue weighted by molar-refractivity contribution is 5.90. The lowest BCUT2D eigenvalue weighted by atomic mass is 9.99. The molecule has 0 bridgehead atoms. The smallest absolute Gasteiger partial charge is 0.224 e. The van der Waals surface area contributed by atoms with Crippen molar-refractivity contribution >= 4 is 11.6 Å². The van der Waals surface area contributed by atoms with E-state index in [4.69, 9.17) is 14.2 Å². The van der Waals surface area contributed by atoms with Crippen LogP contribution in [0.4, 0.5) is 5.69 Å². The second-order valence-electron chi connectivity index (χ2n) is 8.24. The molecule has 2 aromatic rings. The van der Waals surface area contributed by atoms with Crippen molar-refractivity contribution < 1.29 is 19.0 Å². The van der Waals surface area contributed by atoms with E-state index in [0.29, 0.717) is 30.1 Å². The summed E-state index contributed by atoms with van der Waals surface area (Å²) in [6.07, 6.45) is 3.50. The molecule has 0 spiro atoms. The topological polar surface area (TPSA) is 60.0 Å². The number of rotatable bonds is 9. The molecule has 1 N–H and O–H groups in total. The van der Waals surface area contributed by atoms with Gasteiger partial charge in [0.15, 0.2) is 11.5 Å². The molecule has 0 aliphatic carbocycles. The van der Waals surface area contributed by atoms with Gasteiger partial charge in [-0.15, -0.1) is 0 Å². The van der Waals surface area contributed by atoms with Crippen LogP contribution in [0.25, 0.3) is 0 Å². The second kappa shape index (κ2) is 11.0.